The van der Waals surface area contributed by atoms with E-state index >= 15 is 0 Å². The van der Waals surface area contributed by atoms with E-state index in [9.17, 15) is 9.59 Å². The number of pyridine rings is 1. The zero-order valence-electron chi connectivity index (χ0n) is 9.53. The summed E-state index contributed by atoms with van der Waals surface area (Å²) in [4.78, 5) is 26.3. The van der Waals surface area contributed by atoms with E-state index < -0.39 is 11.9 Å². The summed E-state index contributed by atoms with van der Waals surface area (Å²) in [5.41, 5.74) is 5.73. The average molecular weight is 246 g/mol. The molecule has 0 atom stereocenters. The highest BCUT2D eigenvalue weighted by Gasteiger charge is 2.10. The lowest BCUT2D eigenvalue weighted by molar-refractivity contribution is 0.0600. The Kier molecular flexibility index (Phi) is 3.05. The van der Waals surface area contributed by atoms with Crippen LogP contribution in [-0.2, 0) is 4.74 Å². The van der Waals surface area contributed by atoms with Crippen molar-refractivity contribution in [3.05, 3.63) is 41.9 Å². The molecule has 0 aliphatic heterocycles. The summed E-state index contributed by atoms with van der Waals surface area (Å²) >= 11 is 0. The van der Waals surface area contributed by atoms with Gasteiger partial charge in [0.1, 0.15) is 0 Å². The van der Waals surface area contributed by atoms with Crippen molar-refractivity contribution in [3.63, 3.8) is 0 Å². The first-order chi connectivity index (χ1) is 8.61. The number of primary amides is 1. The third-order valence-electron chi connectivity index (χ3n) is 2.27. The third kappa shape index (κ3) is 2.19. The van der Waals surface area contributed by atoms with Crippen LogP contribution in [0, 0.1) is 0 Å². The summed E-state index contributed by atoms with van der Waals surface area (Å²) in [5, 5.41) is 3.94. The molecule has 7 nitrogen and oxygen atoms in total. The van der Waals surface area contributed by atoms with Gasteiger partial charge in [-0.05, 0) is 12.1 Å². The number of carbonyl (C=O) groups excluding carboxylic acids is 2. The Morgan fingerprint density at radius 2 is 2.17 bits per heavy atom. The van der Waals surface area contributed by atoms with Gasteiger partial charge in [0, 0.05) is 12.4 Å². The Balaban J connectivity index is 2.38. The monoisotopic (exact) mass is 246 g/mol. The van der Waals surface area contributed by atoms with Crippen molar-refractivity contribution in [2.45, 2.75) is 0 Å². The van der Waals surface area contributed by atoms with Gasteiger partial charge in [-0.15, -0.1) is 0 Å². The van der Waals surface area contributed by atoms with Gasteiger partial charge in [-0.1, -0.05) is 0 Å². The maximum Gasteiger partial charge on any atom is 0.338 e. The predicted molar refractivity (Wildman–Crippen MR) is 61.2 cm³/mol. The number of aromatic nitrogens is 3. The SMILES string of the molecule is COC(=O)c1ccnc(-n2cc(C(N)=O)cn2)c1. The summed E-state index contributed by atoms with van der Waals surface area (Å²) in [6.07, 6.45) is 4.22. The van der Waals surface area contributed by atoms with Gasteiger partial charge in [0.2, 0.25) is 0 Å². The number of esters is 1. The van der Waals surface area contributed by atoms with Crippen molar-refractivity contribution in [2.24, 2.45) is 5.73 Å². The van der Waals surface area contributed by atoms with Crippen LogP contribution in [0.3, 0.4) is 0 Å². The minimum atomic E-state index is -0.578. The van der Waals surface area contributed by atoms with E-state index in [2.05, 4.69) is 14.8 Å². The molecule has 0 aliphatic rings. The molecule has 2 aromatic heterocycles. The van der Waals surface area contributed by atoms with Crippen molar-refractivity contribution in [3.8, 4) is 5.82 Å². The second-order valence-corrected chi connectivity index (χ2v) is 3.43. The Morgan fingerprint density at radius 3 is 2.78 bits per heavy atom. The zero-order chi connectivity index (χ0) is 13.1. The van der Waals surface area contributed by atoms with Gasteiger partial charge in [-0.3, -0.25) is 4.79 Å². The Morgan fingerprint density at radius 1 is 1.39 bits per heavy atom. The third-order valence-corrected chi connectivity index (χ3v) is 2.27. The van der Waals surface area contributed by atoms with Crippen LogP contribution in [0.2, 0.25) is 0 Å². The van der Waals surface area contributed by atoms with Crippen LogP contribution in [0.15, 0.2) is 30.7 Å². The molecule has 2 heterocycles. The topological polar surface area (TPSA) is 100 Å². The molecule has 0 spiro atoms. The van der Waals surface area contributed by atoms with E-state index in [1.807, 2.05) is 0 Å². The van der Waals surface area contributed by atoms with Crippen LogP contribution in [-0.4, -0.2) is 33.8 Å². The summed E-state index contributed by atoms with van der Waals surface area (Å²) < 4.78 is 5.95. The number of methoxy groups -OCH3 is 1. The van der Waals surface area contributed by atoms with Gasteiger partial charge in [0.15, 0.2) is 5.82 Å². The molecule has 0 aromatic carbocycles. The fourth-order valence-corrected chi connectivity index (χ4v) is 1.36. The number of ether oxygens (including phenoxy) is 1. The molecule has 0 radical (unpaired) electrons. The molecule has 0 bridgehead atoms. The predicted octanol–water partition coefficient (Wildman–Crippen LogP) is 0.153. The van der Waals surface area contributed by atoms with Gasteiger partial charge in [-0.25, -0.2) is 14.5 Å². The minimum absolute atomic E-state index is 0.264. The van der Waals surface area contributed by atoms with Crippen molar-refractivity contribution < 1.29 is 14.3 Å². The molecule has 2 N–H and O–H groups in total. The molecule has 1 amide bonds. The van der Waals surface area contributed by atoms with E-state index in [0.717, 1.165) is 0 Å². The standard InChI is InChI=1S/C11H10N4O3/c1-18-11(17)7-2-3-13-9(4-7)15-6-8(5-14-15)10(12)16/h2-6H,1H3,(H2,12,16). The fraction of sp³-hybridized carbons (Fsp3) is 0.0909. The van der Waals surface area contributed by atoms with Crippen molar-refractivity contribution in [1.82, 2.24) is 14.8 Å². The van der Waals surface area contributed by atoms with Crippen LogP contribution in [0.5, 0.6) is 0 Å². The second-order valence-electron chi connectivity index (χ2n) is 3.43. The molecule has 0 saturated carbocycles. The van der Waals surface area contributed by atoms with Gasteiger partial charge in [-0.2, -0.15) is 5.10 Å². The quantitative estimate of drug-likeness (QED) is 0.777. The van der Waals surface area contributed by atoms with Crippen molar-refractivity contribution in [2.75, 3.05) is 7.11 Å². The number of rotatable bonds is 3. The first kappa shape index (κ1) is 11.8. The van der Waals surface area contributed by atoms with Crippen LogP contribution in [0.4, 0.5) is 0 Å². The lowest BCUT2D eigenvalue weighted by atomic mass is 10.2. The van der Waals surface area contributed by atoms with Crippen LogP contribution in [0.25, 0.3) is 5.82 Å². The van der Waals surface area contributed by atoms with E-state index in [1.165, 1.54) is 42.5 Å². The van der Waals surface area contributed by atoms with Crippen LogP contribution >= 0.6 is 0 Å². The normalized spacial score (nSPS) is 10.1. The number of nitrogens with zero attached hydrogens (tertiary/aromatic N) is 3. The Labute approximate surface area is 102 Å². The van der Waals surface area contributed by atoms with Crippen LogP contribution in [0.1, 0.15) is 20.7 Å². The number of carbonyl (C=O) groups is 2. The number of hydrogen-bond donors (Lipinski definition) is 1. The van der Waals surface area contributed by atoms with E-state index in [1.54, 1.807) is 0 Å². The molecular weight excluding hydrogens is 236 g/mol. The summed E-state index contributed by atoms with van der Waals surface area (Å²) in [7, 11) is 1.29. The summed E-state index contributed by atoms with van der Waals surface area (Å²) in [5.74, 6) is -0.656. The van der Waals surface area contributed by atoms with Gasteiger partial charge >= 0.3 is 5.97 Å². The Hall–Kier alpha value is -2.70. The molecular formula is C11H10N4O3. The lowest BCUT2D eigenvalue weighted by Gasteiger charge is -2.02. The fourth-order valence-electron chi connectivity index (χ4n) is 1.36. The minimum Gasteiger partial charge on any atom is -0.465 e. The van der Waals surface area contributed by atoms with Crippen molar-refractivity contribution in [1.29, 1.82) is 0 Å². The molecule has 0 saturated heterocycles. The van der Waals surface area contributed by atoms with Crippen molar-refractivity contribution >= 4 is 11.9 Å². The highest BCUT2D eigenvalue weighted by atomic mass is 16.5. The van der Waals surface area contributed by atoms with Gasteiger partial charge in [0.05, 0.1) is 24.4 Å². The number of nitrogens with two attached hydrogens (primary N) is 1. The molecule has 7 heteroatoms. The second kappa shape index (κ2) is 4.66. The maximum absolute atomic E-state index is 11.4. The molecule has 0 fully saturated rings. The highest BCUT2D eigenvalue weighted by Crippen LogP contribution is 2.08. The molecule has 2 aromatic rings. The lowest BCUT2D eigenvalue weighted by Crippen LogP contribution is -2.09. The largest absolute Gasteiger partial charge is 0.465 e. The summed E-state index contributed by atoms with van der Waals surface area (Å²) in [6.45, 7) is 0. The first-order valence-electron chi connectivity index (χ1n) is 5.01. The average Bonchev–Trinajstić information content (AvgIpc) is 2.88. The zero-order valence-corrected chi connectivity index (χ0v) is 9.53. The summed E-state index contributed by atoms with van der Waals surface area (Å²) in [6, 6.07) is 3.03. The van der Waals surface area contributed by atoms with Gasteiger partial charge < -0.3 is 10.5 Å². The van der Waals surface area contributed by atoms with E-state index in [0.29, 0.717) is 11.4 Å². The molecule has 2 rings (SSSR count). The van der Waals surface area contributed by atoms with Gasteiger partial charge in [0.25, 0.3) is 5.91 Å². The van der Waals surface area contributed by atoms with Crippen LogP contribution < -0.4 is 5.73 Å². The number of hydrogen-bond acceptors (Lipinski definition) is 5. The maximum atomic E-state index is 11.4. The van der Waals surface area contributed by atoms with E-state index in [-0.39, 0.29) is 5.56 Å². The first-order valence-corrected chi connectivity index (χ1v) is 5.01. The highest BCUT2D eigenvalue weighted by molar-refractivity contribution is 5.92. The van der Waals surface area contributed by atoms with E-state index in [4.69, 9.17) is 5.73 Å². The Bertz CT molecular complexity index is 606. The molecule has 92 valence electrons. The molecule has 0 unspecified atom stereocenters. The smallest absolute Gasteiger partial charge is 0.338 e. The molecule has 0 aliphatic carbocycles. The number of amides is 1. The molecule has 18 heavy (non-hydrogen) atoms.